The first-order valence-electron chi connectivity index (χ1n) is 9.78. The number of nitrogens with zero attached hydrogens (tertiary/aromatic N) is 2. The van der Waals surface area contributed by atoms with Gasteiger partial charge in [0.25, 0.3) is 5.91 Å². The van der Waals surface area contributed by atoms with E-state index in [9.17, 15) is 13.2 Å². The van der Waals surface area contributed by atoms with E-state index in [0.717, 1.165) is 50.9 Å². The Morgan fingerprint density at radius 3 is 2.35 bits per heavy atom. The molecule has 2 heterocycles. The third kappa shape index (κ3) is 3.83. The number of carbonyl (C=O) groups excluding carboxylic acids is 1. The fourth-order valence-electron chi connectivity index (χ4n) is 4.06. The summed E-state index contributed by atoms with van der Waals surface area (Å²) in [7, 11) is -1.77. The van der Waals surface area contributed by atoms with E-state index >= 15 is 0 Å². The molecule has 6 nitrogen and oxygen atoms in total. The van der Waals surface area contributed by atoms with Crippen LogP contribution in [0.2, 0.25) is 0 Å². The normalized spacial score (nSPS) is 25.2. The van der Waals surface area contributed by atoms with Crippen LogP contribution in [0, 0.1) is 12.8 Å². The van der Waals surface area contributed by atoms with E-state index in [1.54, 1.807) is 28.9 Å². The Bertz CT molecular complexity index is 755. The first-order valence-corrected chi connectivity index (χ1v) is 11.2. The number of hydrogen-bond acceptors (Lipinski definition) is 3. The van der Waals surface area contributed by atoms with Crippen molar-refractivity contribution < 1.29 is 13.2 Å². The smallest absolute Gasteiger partial charge is 0.268 e. The van der Waals surface area contributed by atoms with E-state index in [1.165, 1.54) is 0 Å². The Hall–Kier alpha value is -1.34. The van der Waals surface area contributed by atoms with Gasteiger partial charge in [-0.1, -0.05) is 13.3 Å². The van der Waals surface area contributed by atoms with Gasteiger partial charge in [-0.3, -0.25) is 4.79 Å². The Morgan fingerprint density at radius 1 is 1.12 bits per heavy atom. The van der Waals surface area contributed by atoms with Gasteiger partial charge in [0.1, 0.15) is 10.6 Å². The average molecular weight is 382 g/mol. The number of nitrogens with one attached hydrogen (secondary N) is 1. The number of amides is 1. The molecule has 1 aliphatic heterocycles. The zero-order valence-corrected chi connectivity index (χ0v) is 16.9. The standard InChI is InChI=1S/C19H31N3O3S/c1-14-7-9-16(10-8-14)20-19(23)17-13-18(15(2)21(17)3)26(24,25)22-11-5-4-6-12-22/h13-14,16H,4-12H2,1-3H3,(H,20,23). The van der Waals surface area contributed by atoms with Crippen molar-refractivity contribution >= 4 is 15.9 Å². The summed E-state index contributed by atoms with van der Waals surface area (Å²) in [5.74, 6) is 0.553. The summed E-state index contributed by atoms with van der Waals surface area (Å²) in [4.78, 5) is 13.0. The summed E-state index contributed by atoms with van der Waals surface area (Å²) in [6.45, 7) is 5.16. The maximum Gasteiger partial charge on any atom is 0.268 e. The van der Waals surface area contributed by atoms with Crippen LogP contribution in [-0.4, -0.2) is 42.3 Å². The number of sulfonamides is 1. The van der Waals surface area contributed by atoms with Gasteiger partial charge in [-0.2, -0.15) is 4.31 Å². The molecule has 2 fully saturated rings. The van der Waals surface area contributed by atoms with Gasteiger partial charge in [-0.15, -0.1) is 0 Å². The van der Waals surface area contributed by atoms with Crippen LogP contribution in [0.15, 0.2) is 11.0 Å². The highest BCUT2D eigenvalue weighted by molar-refractivity contribution is 7.89. The molecule has 0 atom stereocenters. The molecular weight excluding hydrogens is 350 g/mol. The summed E-state index contributed by atoms with van der Waals surface area (Å²) in [6.07, 6.45) is 7.13. The second-order valence-electron chi connectivity index (χ2n) is 7.93. The van der Waals surface area contributed by atoms with Crippen molar-refractivity contribution in [1.29, 1.82) is 0 Å². The molecule has 1 aliphatic carbocycles. The number of carbonyl (C=O) groups is 1. The molecule has 26 heavy (non-hydrogen) atoms. The number of hydrogen-bond donors (Lipinski definition) is 1. The summed E-state index contributed by atoms with van der Waals surface area (Å²) in [5.41, 5.74) is 1.05. The van der Waals surface area contributed by atoms with Gasteiger partial charge < -0.3 is 9.88 Å². The second kappa shape index (κ2) is 7.72. The van der Waals surface area contributed by atoms with Gasteiger partial charge in [-0.25, -0.2) is 8.42 Å². The third-order valence-corrected chi connectivity index (χ3v) is 8.02. The van der Waals surface area contributed by atoms with Gasteiger partial charge in [-0.05, 0) is 57.4 Å². The molecular formula is C19H31N3O3S. The average Bonchev–Trinajstić information content (AvgIpc) is 2.94. The zero-order chi connectivity index (χ0) is 18.9. The van der Waals surface area contributed by atoms with E-state index in [1.807, 2.05) is 0 Å². The lowest BCUT2D eigenvalue weighted by molar-refractivity contribution is 0.0914. The van der Waals surface area contributed by atoms with Gasteiger partial charge in [0.2, 0.25) is 10.0 Å². The predicted octanol–water partition coefficient (Wildman–Crippen LogP) is 2.82. The topological polar surface area (TPSA) is 71.4 Å². The molecule has 3 rings (SSSR count). The van der Waals surface area contributed by atoms with Crippen molar-refractivity contribution in [3.05, 3.63) is 17.5 Å². The van der Waals surface area contributed by atoms with Gasteiger partial charge in [0.15, 0.2) is 0 Å². The third-order valence-electron chi connectivity index (χ3n) is 6.01. The highest BCUT2D eigenvalue weighted by atomic mass is 32.2. The second-order valence-corrected chi connectivity index (χ2v) is 9.84. The lowest BCUT2D eigenvalue weighted by Gasteiger charge is -2.26. The van der Waals surface area contributed by atoms with Crippen LogP contribution in [0.4, 0.5) is 0 Å². The highest BCUT2D eigenvalue weighted by Crippen LogP contribution is 2.27. The van der Waals surface area contributed by atoms with E-state index in [4.69, 9.17) is 0 Å². The minimum atomic E-state index is -3.54. The number of piperidine rings is 1. The summed E-state index contributed by atoms with van der Waals surface area (Å²) >= 11 is 0. The minimum absolute atomic E-state index is 0.171. The molecule has 0 aromatic carbocycles. The lowest BCUT2D eigenvalue weighted by Crippen LogP contribution is -2.38. The quantitative estimate of drug-likeness (QED) is 0.872. The summed E-state index contributed by atoms with van der Waals surface area (Å²) < 4.78 is 29.3. The largest absolute Gasteiger partial charge is 0.348 e. The van der Waals surface area contributed by atoms with Crippen LogP contribution in [0.1, 0.15) is 68.1 Å². The van der Waals surface area contributed by atoms with Crippen molar-refractivity contribution in [2.45, 2.75) is 69.7 Å². The molecule has 0 spiro atoms. The Labute approximate surface area is 157 Å². The molecule has 1 N–H and O–H groups in total. The molecule has 2 aliphatic rings. The van der Waals surface area contributed by atoms with Crippen LogP contribution >= 0.6 is 0 Å². The van der Waals surface area contributed by atoms with E-state index < -0.39 is 10.0 Å². The Balaban J connectivity index is 1.79. The molecule has 7 heteroatoms. The molecule has 1 saturated carbocycles. The monoisotopic (exact) mass is 381 g/mol. The Morgan fingerprint density at radius 2 is 1.73 bits per heavy atom. The van der Waals surface area contributed by atoms with Crippen molar-refractivity contribution in [2.75, 3.05) is 13.1 Å². The van der Waals surface area contributed by atoms with Crippen LogP contribution < -0.4 is 5.32 Å². The van der Waals surface area contributed by atoms with Gasteiger partial charge >= 0.3 is 0 Å². The van der Waals surface area contributed by atoms with Gasteiger partial charge in [0.05, 0.1) is 0 Å². The predicted molar refractivity (Wildman–Crippen MR) is 102 cm³/mol. The SMILES string of the molecule is Cc1c(S(=O)(=O)N2CCCCC2)cc(C(=O)NC2CCC(C)CC2)n1C. The van der Waals surface area contributed by atoms with Crippen LogP contribution in [0.3, 0.4) is 0 Å². The van der Waals surface area contributed by atoms with Crippen LogP contribution in [0.25, 0.3) is 0 Å². The molecule has 0 radical (unpaired) electrons. The zero-order valence-electron chi connectivity index (χ0n) is 16.1. The van der Waals surface area contributed by atoms with E-state index in [0.29, 0.717) is 24.5 Å². The molecule has 1 aromatic heterocycles. The van der Waals surface area contributed by atoms with Crippen molar-refractivity contribution in [2.24, 2.45) is 13.0 Å². The first-order chi connectivity index (χ1) is 12.3. The number of aromatic nitrogens is 1. The molecule has 0 bridgehead atoms. The molecule has 1 aromatic rings. The fourth-order valence-corrected chi connectivity index (χ4v) is 5.85. The minimum Gasteiger partial charge on any atom is -0.348 e. The fraction of sp³-hybridized carbons (Fsp3) is 0.737. The maximum absolute atomic E-state index is 13.0. The van der Waals surface area contributed by atoms with Crippen molar-refractivity contribution in [3.63, 3.8) is 0 Å². The first kappa shape index (κ1) is 19.4. The maximum atomic E-state index is 13.0. The van der Waals surface area contributed by atoms with E-state index in [2.05, 4.69) is 12.2 Å². The number of rotatable bonds is 4. The van der Waals surface area contributed by atoms with E-state index in [-0.39, 0.29) is 16.8 Å². The van der Waals surface area contributed by atoms with Crippen LogP contribution in [-0.2, 0) is 17.1 Å². The molecule has 1 amide bonds. The molecule has 0 unspecified atom stereocenters. The molecule has 146 valence electrons. The highest BCUT2D eigenvalue weighted by Gasteiger charge is 2.31. The summed E-state index contributed by atoms with van der Waals surface area (Å²) in [6, 6.07) is 1.75. The lowest BCUT2D eigenvalue weighted by atomic mass is 9.87. The van der Waals surface area contributed by atoms with Crippen molar-refractivity contribution in [1.82, 2.24) is 14.2 Å². The molecule has 1 saturated heterocycles. The van der Waals surface area contributed by atoms with Crippen molar-refractivity contribution in [3.8, 4) is 0 Å². The Kier molecular flexibility index (Phi) is 5.77. The van der Waals surface area contributed by atoms with Gasteiger partial charge in [0, 0.05) is 31.9 Å². The van der Waals surface area contributed by atoms with Crippen LogP contribution in [0.5, 0.6) is 0 Å². The summed E-state index contributed by atoms with van der Waals surface area (Å²) in [5, 5.41) is 3.10.